The van der Waals surface area contributed by atoms with E-state index in [1.165, 1.54) is 0 Å². The Morgan fingerprint density at radius 3 is 3.00 bits per heavy atom. The summed E-state index contributed by atoms with van der Waals surface area (Å²) < 4.78 is 11.0. The molecular formula is C12H16ClNO2. The first kappa shape index (κ1) is 11.8. The van der Waals surface area contributed by atoms with Gasteiger partial charge in [-0.3, -0.25) is 0 Å². The first-order valence-electron chi connectivity index (χ1n) is 5.61. The molecule has 0 unspecified atom stereocenters. The van der Waals surface area contributed by atoms with Gasteiger partial charge in [-0.1, -0.05) is 17.7 Å². The fourth-order valence-electron chi connectivity index (χ4n) is 1.78. The molecule has 0 atom stereocenters. The van der Waals surface area contributed by atoms with Crippen molar-refractivity contribution in [2.24, 2.45) is 5.92 Å². The van der Waals surface area contributed by atoms with Crippen LogP contribution in [-0.4, -0.2) is 24.8 Å². The highest BCUT2D eigenvalue weighted by Gasteiger charge is 2.13. The van der Waals surface area contributed by atoms with E-state index in [-0.39, 0.29) is 0 Å². The number of hydrogen-bond donors (Lipinski definition) is 0. The van der Waals surface area contributed by atoms with Crippen molar-refractivity contribution in [3.05, 3.63) is 29.0 Å². The topological polar surface area (TPSA) is 31.4 Å². The van der Waals surface area contributed by atoms with Crippen LogP contribution < -0.4 is 0 Å². The van der Waals surface area contributed by atoms with E-state index in [4.69, 9.17) is 21.1 Å². The minimum absolute atomic E-state index is 0.537. The fraction of sp³-hybridized carbons (Fsp3) is 0.583. The monoisotopic (exact) mass is 241 g/mol. The summed E-state index contributed by atoms with van der Waals surface area (Å²) in [6.45, 7) is 3.06. The van der Waals surface area contributed by atoms with Crippen molar-refractivity contribution < 1.29 is 9.47 Å². The quantitative estimate of drug-likeness (QED) is 0.760. The van der Waals surface area contributed by atoms with Gasteiger partial charge in [0.15, 0.2) is 0 Å². The van der Waals surface area contributed by atoms with Crippen molar-refractivity contribution in [3.8, 4) is 0 Å². The van der Waals surface area contributed by atoms with E-state index >= 15 is 0 Å². The van der Waals surface area contributed by atoms with Crippen LogP contribution in [0.25, 0.3) is 0 Å². The summed E-state index contributed by atoms with van der Waals surface area (Å²) in [4.78, 5) is 4.01. The molecule has 0 aromatic carbocycles. The van der Waals surface area contributed by atoms with Crippen molar-refractivity contribution in [2.45, 2.75) is 19.4 Å². The number of aromatic nitrogens is 1. The molecule has 1 aromatic heterocycles. The van der Waals surface area contributed by atoms with E-state index in [1.54, 1.807) is 6.20 Å². The summed E-state index contributed by atoms with van der Waals surface area (Å²) in [6, 6.07) is 3.82. The molecule has 88 valence electrons. The molecule has 3 nitrogen and oxygen atoms in total. The second-order valence-corrected chi connectivity index (χ2v) is 4.38. The minimum Gasteiger partial charge on any atom is -0.381 e. The molecule has 0 amide bonds. The van der Waals surface area contributed by atoms with Crippen molar-refractivity contribution in [1.29, 1.82) is 0 Å². The van der Waals surface area contributed by atoms with Gasteiger partial charge in [0.2, 0.25) is 0 Å². The van der Waals surface area contributed by atoms with Crippen molar-refractivity contribution in [3.63, 3.8) is 0 Å². The van der Waals surface area contributed by atoms with E-state index in [2.05, 4.69) is 4.98 Å². The zero-order valence-electron chi connectivity index (χ0n) is 9.19. The van der Waals surface area contributed by atoms with Gasteiger partial charge in [-0.2, -0.15) is 0 Å². The van der Waals surface area contributed by atoms with Crippen LogP contribution in [0.2, 0.25) is 5.15 Å². The minimum atomic E-state index is 0.537. The van der Waals surface area contributed by atoms with Crippen LogP contribution in [0.15, 0.2) is 18.3 Å². The third-order valence-electron chi connectivity index (χ3n) is 2.79. The number of ether oxygens (including phenoxy) is 2. The molecule has 2 rings (SSSR count). The van der Waals surface area contributed by atoms with Crippen LogP contribution in [0.1, 0.15) is 18.4 Å². The second kappa shape index (κ2) is 6.18. The lowest BCUT2D eigenvalue weighted by atomic mass is 10.0. The molecule has 0 N–H and O–H groups in total. The maximum absolute atomic E-state index is 5.93. The van der Waals surface area contributed by atoms with Crippen molar-refractivity contribution in [1.82, 2.24) is 4.98 Å². The molecule has 16 heavy (non-hydrogen) atoms. The smallest absolute Gasteiger partial charge is 0.134 e. The molecule has 1 saturated heterocycles. The lowest BCUT2D eigenvalue weighted by Gasteiger charge is -2.21. The van der Waals surface area contributed by atoms with Gasteiger partial charge >= 0.3 is 0 Å². The van der Waals surface area contributed by atoms with Gasteiger partial charge in [-0.15, -0.1) is 0 Å². The van der Waals surface area contributed by atoms with Gasteiger partial charge in [0.25, 0.3) is 0 Å². The molecule has 1 aliphatic rings. The molecule has 4 heteroatoms. The molecule has 2 heterocycles. The van der Waals surface area contributed by atoms with Gasteiger partial charge in [-0.25, -0.2) is 4.98 Å². The third-order valence-corrected chi connectivity index (χ3v) is 3.13. The Hall–Kier alpha value is -0.640. The fourth-order valence-corrected chi connectivity index (χ4v) is 1.95. The summed E-state index contributed by atoms with van der Waals surface area (Å²) in [6.07, 6.45) is 3.88. The number of nitrogens with zero attached hydrogens (tertiary/aromatic N) is 1. The maximum Gasteiger partial charge on any atom is 0.134 e. The molecule has 0 spiro atoms. The van der Waals surface area contributed by atoms with E-state index in [1.807, 2.05) is 12.1 Å². The first-order valence-corrected chi connectivity index (χ1v) is 5.99. The lowest BCUT2D eigenvalue weighted by Crippen LogP contribution is -2.20. The van der Waals surface area contributed by atoms with E-state index in [9.17, 15) is 0 Å². The second-order valence-electron chi connectivity index (χ2n) is 4.02. The van der Waals surface area contributed by atoms with Crippen LogP contribution in [-0.2, 0) is 16.1 Å². The number of pyridine rings is 1. The molecular weight excluding hydrogens is 226 g/mol. The Balaban J connectivity index is 1.73. The van der Waals surface area contributed by atoms with Crippen LogP contribution in [0.4, 0.5) is 0 Å². The molecule has 0 bridgehead atoms. The van der Waals surface area contributed by atoms with Gasteiger partial charge in [0.1, 0.15) is 5.15 Å². The molecule has 0 aliphatic carbocycles. The van der Waals surface area contributed by atoms with E-state index < -0.39 is 0 Å². The maximum atomic E-state index is 5.93. The molecule has 1 fully saturated rings. The zero-order chi connectivity index (χ0) is 11.2. The van der Waals surface area contributed by atoms with Gasteiger partial charge < -0.3 is 9.47 Å². The van der Waals surface area contributed by atoms with Crippen LogP contribution in [0, 0.1) is 5.92 Å². The van der Waals surface area contributed by atoms with Gasteiger partial charge in [0, 0.05) is 25.0 Å². The third kappa shape index (κ3) is 3.44. The Morgan fingerprint density at radius 2 is 2.25 bits per heavy atom. The Kier molecular flexibility index (Phi) is 4.57. The number of hydrogen-bond acceptors (Lipinski definition) is 3. The molecule has 0 radical (unpaired) electrons. The number of rotatable bonds is 4. The van der Waals surface area contributed by atoms with Crippen molar-refractivity contribution >= 4 is 11.6 Å². The average Bonchev–Trinajstić information content (AvgIpc) is 2.33. The first-order chi connectivity index (χ1) is 7.86. The standard InChI is InChI=1S/C12H16ClNO2/c13-12-11(2-1-5-14-12)9-16-8-10-3-6-15-7-4-10/h1-2,5,10H,3-4,6-9H2. The Labute approximate surface area is 101 Å². The normalized spacial score (nSPS) is 17.6. The van der Waals surface area contributed by atoms with Crippen LogP contribution in [0.5, 0.6) is 0 Å². The van der Waals surface area contributed by atoms with Crippen LogP contribution in [0.3, 0.4) is 0 Å². The van der Waals surface area contributed by atoms with Crippen molar-refractivity contribution in [2.75, 3.05) is 19.8 Å². The summed E-state index contributed by atoms with van der Waals surface area (Å²) in [5.41, 5.74) is 0.955. The van der Waals surface area contributed by atoms with Gasteiger partial charge in [-0.05, 0) is 24.8 Å². The summed E-state index contributed by atoms with van der Waals surface area (Å²) in [7, 11) is 0. The predicted molar refractivity (Wildman–Crippen MR) is 62.4 cm³/mol. The molecule has 1 aliphatic heterocycles. The molecule has 1 aromatic rings. The van der Waals surface area contributed by atoms with E-state index in [0.717, 1.165) is 38.2 Å². The summed E-state index contributed by atoms with van der Waals surface area (Å²) in [5, 5.41) is 0.537. The Bertz CT molecular complexity index is 327. The lowest BCUT2D eigenvalue weighted by molar-refractivity contribution is 0.0157. The SMILES string of the molecule is Clc1ncccc1COCC1CCOCC1. The zero-order valence-corrected chi connectivity index (χ0v) is 9.95. The number of halogens is 1. The Morgan fingerprint density at radius 1 is 1.44 bits per heavy atom. The highest BCUT2D eigenvalue weighted by Crippen LogP contribution is 2.17. The molecule has 0 saturated carbocycles. The highest BCUT2D eigenvalue weighted by atomic mass is 35.5. The summed E-state index contributed by atoms with van der Waals surface area (Å²) in [5.74, 6) is 0.629. The largest absolute Gasteiger partial charge is 0.381 e. The predicted octanol–water partition coefficient (Wildman–Crippen LogP) is 2.68. The average molecular weight is 242 g/mol. The van der Waals surface area contributed by atoms with E-state index in [0.29, 0.717) is 17.7 Å². The summed E-state index contributed by atoms with van der Waals surface area (Å²) >= 11 is 5.93. The van der Waals surface area contributed by atoms with Gasteiger partial charge in [0.05, 0.1) is 13.2 Å². The van der Waals surface area contributed by atoms with Crippen LogP contribution >= 0.6 is 11.6 Å². The highest BCUT2D eigenvalue weighted by molar-refractivity contribution is 6.30.